The number of carboxylic acids is 1. The molecular formula is C13H14N2O4. The average Bonchev–Trinajstić information content (AvgIpc) is 2.99. The molecule has 0 aromatic carbocycles. The maximum atomic E-state index is 12.2. The van der Waals surface area contributed by atoms with E-state index in [4.69, 9.17) is 4.74 Å². The Balaban J connectivity index is 1.77. The van der Waals surface area contributed by atoms with Crippen LogP contribution in [-0.4, -0.2) is 34.2 Å². The quantitative estimate of drug-likeness (QED) is 0.844. The Bertz CT molecular complexity index is 505. The Hall–Kier alpha value is -1.95. The van der Waals surface area contributed by atoms with Crippen LogP contribution in [-0.2, 0) is 14.3 Å². The number of aliphatic carboxylic acids is 1. The van der Waals surface area contributed by atoms with Crippen LogP contribution < -0.4 is 5.32 Å². The zero-order valence-corrected chi connectivity index (χ0v) is 10.2. The van der Waals surface area contributed by atoms with Crippen molar-refractivity contribution in [2.24, 2.45) is 11.8 Å². The van der Waals surface area contributed by atoms with Gasteiger partial charge in [-0.15, -0.1) is 0 Å². The van der Waals surface area contributed by atoms with E-state index < -0.39 is 17.8 Å². The molecule has 0 saturated carbocycles. The Morgan fingerprint density at radius 1 is 1.32 bits per heavy atom. The first kappa shape index (κ1) is 12.1. The van der Waals surface area contributed by atoms with E-state index in [1.165, 1.54) is 6.20 Å². The highest BCUT2D eigenvalue weighted by molar-refractivity contribution is 5.96. The highest BCUT2D eigenvalue weighted by Crippen LogP contribution is 2.44. The lowest BCUT2D eigenvalue weighted by atomic mass is 9.78. The molecule has 19 heavy (non-hydrogen) atoms. The highest BCUT2D eigenvalue weighted by atomic mass is 16.5. The molecule has 0 spiro atoms. The third-order valence-corrected chi connectivity index (χ3v) is 3.79. The van der Waals surface area contributed by atoms with Crippen LogP contribution in [0.3, 0.4) is 0 Å². The fourth-order valence-corrected chi connectivity index (χ4v) is 2.99. The van der Waals surface area contributed by atoms with Crippen molar-refractivity contribution >= 4 is 17.6 Å². The van der Waals surface area contributed by atoms with Crippen molar-refractivity contribution in [1.82, 2.24) is 4.98 Å². The van der Waals surface area contributed by atoms with Gasteiger partial charge in [-0.05, 0) is 25.0 Å². The zero-order chi connectivity index (χ0) is 13.4. The first-order valence-corrected chi connectivity index (χ1v) is 6.26. The number of anilines is 1. The minimum atomic E-state index is -0.960. The summed E-state index contributed by atoms with van der Waals surface area (Å²) in [5, 5.41) is 12.0. The number of nitrogens with zero attached hydrogens (tertiary/aromatic N) is 1. The van der Waals surface area contributed by atoms with E-state index in [-0.39, 0.29) is 18.1 Å². The van der Waals surface area contributed by atoms with Crippen molar-refractivity contribution in [3.8, 4) is 0 Å². The van der Waals surface area contributed by atoms with Crippen molar-refractivity contribution in [3.05, 3.63) is 24.5 Å². The monoisotopic (exact) mass is 262 g/mol. The van der Waals surface area contributed by atoms with Gasteiger partial charge in [-0.1, -0.05) is 0 Å². The molecule has 2 aliphatic rings. The molecule has 6 nitrogen and oxygen atoms in total. The summed E-state index contributed by atoms with van der Waals surface area (Å²) in [5.41, 5.74) is 0.569. The molecule has 2 bridgehead atoms. The minimum Gasteiger partial charge on any atom is -0.481 e. The molecule has 4 atom stereocenters. The standard InChI is InChI=1S/C13H14N2O4/c16-12(15-7-2-1-5-14-6-7)10-8-3-4-9(19-8)11(10)13(17)18/h1-2,5-6,8-11H,3-4H2,(H,15,16)(H,17,18)/t8-,9+,10+,11-/m0/s1. The summed E-state index contributed by atoms with van der Waals surface area (Å²) in [6.45, 7) is 0. The van der Waals surface area contributed by atoms with E-state index in [0.717, 1.165) is 12.8 Å². The maximum absolute atomic E-state index is 12.2. The first-order valence-electron chi connectivity index (χ1n) is 6.26. The fraction of sp³-hybridized carbons (Fsp3) is 0.462. The molecule has 6 heteroatoms. The molecule has 1 aromatic rings. The summed E-state index contributed by atoms with van der Waals surface area (Å²) in [5.74, 6) is -2.61. The van der Waals surface area contributed by atoms with Crippen molar-refractivity contribution in [1.29, 1.82) is 0 Å². The second kappa shape index (κ2) is 4.62. The minimum absolute atomic E-state index is 0.275. The number of carbonyl (C=O) groups is 2. The predicted octanol–water partition coefficient (Wildman–Crippen LogP) is 0.898. The number of amides is 1. The fourth-order valence-electron chi connectivity index (χ4n) is 2.99. The van der Waals surface area contributed by atoms with Gasteiger partial charge in [-0.3, -0.25) is 14.6 Å². The third-order valence-electron chi connectivity index (χ3n) is 3.79. The Morgan fingerprint density at radius 2 is 2.05 bits per heavy atom. The normalized spacial score (nSPS) is 32.2. The molecule has 1 amide bonds. The number of nitrogens with one attached hydrogen (secondary N) is 1. The number of ether oxygens (including phenoxy) is 1. The molecule has 0 radical (unpaired) electrons. The number of hydrogen-bond donors (Lipinski definition) is 2. The molecule has 100 valence electrons. The van der Waals surface area contributed by atoms with Crippen LogP contribution in [0.2, 0.25) is 0 Å². The van der Waals surface area contributed by atoms with Crippen molar-refractivity contribution in [2.75, 3.05) is 5.32 Å². The molecule has 0 aliphatic carbocycles. The van der Waals surface area contributed by atoms with Crippen LogP contribution in [0, 0.1) is 11.8 Å². The van der Waals surface area contributed by atoms with E-state index in [0.29, 0.717) is 5.69 Å². The van der Waals surface area contributed by atoms with Gasteiger partial charge in [0, 0.05) is 6.20 Å². The smallest absolute Gasteiger partial charge is 0.310 e. The molecule has 2 saturated heterocycles. The molecule has 0 unspecified atom stereocenters. The number of aromatic nitrogens is 1. The zero-order valence-electron chi connectivity index (χ0n) is 10.2. The van der Waals surface area contributed by atoms with Gasteiger partial charge in [0.05, 0.1) is 35.9 Å². The Kier molecular flexibility index (Phi) is 2.94. The van der Waals surface area contributed by atoms with Gasteiger partial charge in [-0.25, -0.2) is 0 Å². The van der Waals surface area contributed by atoms with Crippen LogP contribution in [0.4, 0.5) is 5.69 Å². The van der Waals surface area contributed by atoms with E-state index in [1.54, 1.807) is 18.3 Å². The summed E-state index contributed by atoms with van der Waals surface area (Å²) in [7, 11) is 0. The largest absolute Gasteiger partial charge is 0.481 e. The molecular weight excluding hydrogens is 248 g/mol. The summed E-state index contributed by atoms with van der Waals surface area (Å²) in [4.78, 5) is 27.4. The lowest BCUT2D eigenvalue weighted by Crippen LogP contribution is -2.40. The molecule has 2 fully saturated rings. The van der Waals surface area contributed by atoms with Gasteiger partial charge in [-0.2, -0.15) is 0 Å². The second-order valence-corrected chi connectivity index (χ2v) is 4.91. The van der Waals surface area contributed by atoms with E-state index in [9.17, 15) is 14.7 Å². The number of carboxylic acid groups (broad SMARTS) is 1. The number of rotatable bonds is 3. The predicted molar refractivity (Wildman–Crippen MR) is 65.4 cm³/mol. The van der Waals surface area contributed by atoms with Gasteiger partial charge >= 0.3 is 5.97 Å². The summed E-state index contributed by atoms with van der Waals surface area (Å²) in [6.07, 6.45) is 4.01. The van der Waals surface area contributed by atoms with E-state index >= 15 is 0 Å². The van der Waals surface area contributed by atoms with Gasteiger partial charge in [0.1, 0.15) is 0 Å². The molecule has 1 aromatic heterocycles. The number of fused-ring (bicyclic) bond motifs is 2. The third kappa shape index (κ3) is 2.08. The number of carbonyl (C=O) groups excluding carboxylic acids is 1. The molecule has 3 heterocycles. The average molecular weight is 262 g/mol. The van der Waals surface area contributed by atoms with Crippen LogP contribution in [0.25, 0.3) is 0 Å². The topological polar surface area (TPSA) is 88.5 Å². The van der Waals surface area contributed by atoms with Crippen LogP contribution in [0.5, 0.6) is 0 Å². The Morgan fingerprint density at radius 3 is 2.68 bits per heavy atom. The summed E-state index contributed by atoms with van der Waals surface area (Å²) < 4.78 is 5.56. The number of pyridine rings is 1. The van der Waals surface area contributed by atoms with Gasteiger partial charge < -0.3 is 15.2 Å². The SMILES string of the molecule is O=C(O)[C@@H]1[C@H](C(=O)Nc2cccnc2)[C@@H]2CC[C@H]1O2. The highest BCUT2D eigenvalue weighted by Gasteiger charge is 2.55. The lowest BCUT2D eigenvalue weighted by Gasteiger charge is -2.23. The summed E-state index contributed by atoms with van der Waals surface area (Å²) in [6, 6.07) is 3.43. The Labute approximate surface area is 109 Å². The maximum Gasteiger partial charge on any atom is 0.310 e. The van der Waals surface area contributed by atoms with E-state index in [1.807, 2.05) is 0 Å². The van der Waals surface area contributed by atoms with Crippen molar-refractivity contribution < 1.29 is 19.4 Å². The first-order chi connectivity index (χ1) is 9.16. The van der Waals surface area contributed by atoms with Crippen LogP contribution >= 0.6 is 0 Å². The molecule has 2 aliphatic heterocycles. The van der Waals surface area contributed by atoms with Gasteiger partial charge in [0.25, 0.3) is 0 Å². The van der Waals surface area contributed by atoms with Gasteiger partial charge in [0.15, 0.2) is 0 Å². The molecule has 2 N–H and O–H groups in total. The lowest BCUT2D eigenvalue weighted by molar-refractivity contribution is -0.147. The summed E-state index contributed by atoms with van der Waals surface area (Å²) >= 11 is 0. The van der Waals surface area contributed by atoms with Crippen molar-refractivity contribution in [2.45, 2.75) is 25.0 Å². The van der Waals surface area contributed by atoms with Crippen LogP contribution in [0.15, 0.2) is 24.5 Å². The van der Waals surface area contributed by atoms with Gasteiger partial charge in [0.2, 0.25) is 5.91 Å². The second-order valence-electron chi connectivity index (χ2n) is 4.91. The number of hydrogen-bond acceptors (Lipinski definition) is 4. The van der Waals surface area contributed by atoms with Crippen LogP contribution in [0.1, 0.15) is 12.8 Å². The molecule has 3 rings (SSSR count). The van der Waals surface area contributed by atoms with E-state index in [2.05, 4.69) is 10.3 Å². The van der Waals surface area contributed by atoms with Crippen molar-refractivity contribution in [3.63, 3.8) is 0 Å².